The molecule has 0 aromatic carbocycles. The summed E-state index contributed by atoms with van der Waals surface area (Å²) in [7, 11) is 1.63. The van der Waals surface area contributed by atoms with Gasteiger partial charge in [0.25, 0.3) is 0 Å². The zero-order chi connectivity index (χ0) is 8.55. The zero-order valence-corrected chi connectivity index (χ0v) is 7.45. The van der Waals surface area contributed by atoms with Gasteiger partial charge >= 0.3 is 0 Å². The van der Waals surface area contributed by atoms with Crippen molar-refractivity contribution in [1.82, 2.24) is 4.90 Å². The Balaban J connectivity index is 2.08. The van der Waals surface area contributed by atoms with Crippen LogP contribution >= 0.6 is 0 Å². The molecular formula is C9H15NO2. The summed E-state index contributed by atoms with van der Waals surface area (Å²) in [5, 5.41) is 0. The number of hydrogen-bond donors (Lipinski definition) is 0. The molecule has 0 spiro atoms. The summed E-state index contributed by atoms with van der Waals surface area (Å²) in [4.78, 5) is 13.9. The number of methoxy groups -OCH3 is 1. The number of Topliss-reactive ketones (excluding diaryl/α,β-unsaturated/α-hetero) is 1. The molecule has 3 heteroatoms. The third kappa shape index (κ3) is 1.17. The van der Waals surface area contributed by atoms with Gasteiger partial charge in [-0.25, -0.2) is 0 Å². The summed E-state index contributed by atoms with van der Waals surface area (Å²) in [6, 6.07) is 0.184. The number of ether oxygens (including phenoxy) is 1. The Morgan fingerprint density at radius 3 is 3.00 bits per heavy atom. The van der Waals surface area contributed by atoms with Gasteiger partial charge in [-0.15, -0.1) is 0 Å². The van der Waals surface area contributed by atoms with Crippen LogP contribution < -0.4 is 0 Å². The number of carbonyl (C=O) groups excluding carboxylic acids is 1. The van der Waals surface area contributed by atoms with E-state index < -0.39 is 0 Å². The molecule has 0 radical (unpaired) electrons. The third-order valence-corrected chi connectivity index (χ3v) is 2.94. The van der Waals surface area contributed by atoms with Crippen molar-refractivity contribution in [3.05, 3.63) is 0 Å². The molecule has 2 aliphatic rings. The van der Waals surface area contributed by atoms with Gasteiger partial charge in [-0.2, -0.15) is 0 Å². The maximum Gasteiger partial charge on any atom is 0.179 e. The second-order valence-corrected chi connectivity index (χ2v) is 3.63. The lowest BCUT2D eigenvalue weighted by Gasteiger charge is -2.27. The normalized spacial score (nSPS) is 36.9. The van der Waals surface area contributed by atoms with Gasteiger partial charge in [-0.05, 0) is 19.4 Å². The SMILES string of the molecule is CO[C@H]1CN2CCCC[C@H]2C1=O. The van der Waals surface area contributed by atoms with E-state index in [2.05, 4.69) is 4.90 Å². The zero-order valence-electron chi connectivity index (χ0n) is 7.45. The van der Waals surface area contributed by atoms with Gasteiger partial charge in [0.1, 0.15) is 6.10 Å². The number of piperidine rings is 1. The van der Waals surface area contributed by atoms with E-state index in [1.54, 1.807) is 7.11 Å². The van der Waals surface area contributed by atoms with E-state index in [0.29, 0.717) is 5.78 Å². The first-order valence-electron chi connectivity index (χ1n) is 4.63. The maximum atomic E-state index is 11.6. The fraction of sp³-hybridized carbons (Fsp3) is 0.889. The molecule has 2 atom stereocenters. The van der Waals surface area contributed by atoms with E-state index in [0.717, 1.165) is 19.5 Å². The van der Waals surface area contributed by atoms with Crippen molar-refractivity contribution in [2.75, 3.05) is 20.2 Å². The lowest BCUT2D eigenvalue weighted by atomic mass is 10.0. The Morgan fingerprint density at radius 2 is 2.33 bits per heavy atom. The first-order chi connectivity index (χ1) is 5.83. The maximum absolute atomic E-state index is 11.6. The van der Waals surface area contributed by atoms with Crippen LogP contribution in [-0.2, 0) is 9.53 Å². The molecule has 0 bridgehead atoms. The van der Waals surface area contributed by atoms with Crippen LogP contribution in [0, 0.1) is 0 Å². The molecule has 2 aliphatic heterocycles. The predicted octanol–water partition coefficient (Wildman–Crippen LogP) is 0.439. The first kappa shape index (κ1) is 8.20. The van der Waals surface area contributed by atoms with Crippen LogP contribution in [0.3, 0.4) is 0 Å². The summed E-state index contributed by atoms with van der Waals surface area (Å²) in [6.45, 7) is 1.90. The first-order valence-corrected chi connectivity index (χ1v) is 4.63. The highest BCUT2D eigenvalue weighted by molar-refractivity contribution is 5.90. The van der Waals surface area contributed by atoms with Crippen molar-refractivity contribution in [3.63, 3.8) is 0 Å². The topological polar surface area (TPSA) is 29.5 Å². The summed E-state index contributed by atoms with van der Waals surface area (Å²) >= 11 is 0. The highest BCUT2D eigenvalue weighted by Gasteiger charge is 2.41. The van der Waals surface area contributed by atoms with Gasteiger partial charge in [0, 0.05) is 13.7 Å². The van der Waals surface area contributed by atoms with E-state index in [-0.39, 0.29) is 12.1 Å². The number of nitrogens with zero attached hydrogens (tertiary/aromatic N) is 1. The molecule has 0 aliphatic carbocycles. The molecule has 0 N–H and O–H groups in total. The smallest absolute Gasteiger partial charge is 0.179 e. The van der Waals surface area contributed by atoms with E-state index in [1.165, 1.54) is 12.8 Å². The number of carbonyl (C=O) groups is 1. The molecule has 0 unspecified atom stereocenters. The second-order valence-electron chi connectivity index (χ2n) is 3.63. The van der Waals surface area contributed by atoms with Crippen molar-refractivity contribution in [2.24, 2.45) is 0 Å². The molecule has 2 fully saturated rings. The molecule has 2 heterocycles. The lowest BCUT2D eigenvalue weighted by molar-refractivity contribution is -0.127. The summed E-state index contributed by atoms with van der Waals surface area (Å²) in [5.74, 6) is 0.303. The lowest BCUT2D eigenvalue weighted by Crippen LogP contribution is -2.37. The predicted molar refractivity (Wildman–Crippen MR) is 45.0 cm³/mol. The largest absolute Gasteiger partial charge is 0.372 e. The number of hydrogen-bond acceptors (Lipinski definition) is 3. The Hall–Kier alpha value is -0.410. The van der Waals surface area contributed by atoms with Crippen LogP contribution in [0.25, 0.3) is 0 Å². The molecule has 2 saturated heterocycles. The van der Waals surface area contributed by atoms with Crippen molar-refractivity contribution in [2.45, 2.75) is 31.4 Å². The Morgan fingerprint density at radius 1 is 1.50 bits per heavy atom. The van der Waals surface area contributed by atoms with E-state index in [9.17, 15) is 4.79 Å². The molecule has 0 aromatic heterocycles. The Bertz CT molecular complexity index is 193. The van der Waals surface area contributed by atoms with Crippen LogP contribution in [0.4, 0.5) is 0 Å². The molecule has 0 aromatic rings. The number of fused-ring (bicyclic) bond motifs is 1. The van der Waals surface area contributed by atoms with Gasteiger partial charge in [0.05, 0.1) is 6.04 Å². The third-order valence-electron chi connectivity index (χ3n) is 2.94. The highest BCUT2D eigenvalue weighted by atomic mass is 16.5. The highest BCUT2D eigenvalue weighted by Crippen LogP contribution is 2.25. The van der Waals surface area contributed by atoms with E-state index in [1.807, 2.05) is 0 Å². The van der Waals surface area contributed by atoms with Crippen molar-refractivity contribution in [3.8, 4) is 0 Å². The van der Waals surface area contributed by atoms with Crippen molar-refractivity contribution in [1.29, 1.82) is 0 Å². The van der Waals surface area contributed by atoms with Crippen LogP contribution in [0.1, 0.15) is 19.3 Å². The quantitative estimate of drug-likeness (QED) is 0.570. The van der Waals surface area contributed by atoms with Gasteiger partial charge in [0.15, 0.2) is 5.78 Å². The molecule has 0 saturated carbocycles. The molecular weight excluding hydrogens is 154 g/mol. The number of rotatable bonds is 1. The molecule has 0 amide bonds. The minimum atomic E-state index is -0.145. The fourth-order valence-corrected chi connectivity index (χ4v) is 2.24. The van der Waals surface area contributed by atoms with Gasteiger partial charge in [-0.3, -0.25) is 9.69 Å². The van der Waals surface area contributed by atoms with Crippen LogP contribution in [-0.4, -0.2) is 43.0 Å². The van der Waals surface area contributed by atoms with Crippen molar-refractivity contribution < 1.29 is 9.53 Å². The number of ketones is 1. The molecule has 68 valence electrons. The van der Waals surface area contributed by atoms with E-state index >= 15 is 0 Å². The van der Waals surface area contributed by atoms with Gasteiger partial charge < -0.3 is 4.74 Å². The van der Waals surface area contributed by atoms with Crippen LogP contribution in [0.15, 0.2) is 0 Å². The van der Waals surface area contributed by atoms with Gasteiger partial charge in [0.2, 0.25) is 0 Å². The van der Waals surface area contributed by atoms with Crippen molar-refractivity contribution >= 4 is 5.78 Å². The fourth-order valence-electron chi connectivity index (χ4n) is 2.24. The Labute approximate surface area is 72.7 Å². The second kappa shape index (κ2) is 3.15. The van der Waals surface area contributed by atoms with Crippen LogP contribution in [0.5, 0.6) is 0 Å². The average molecular weight is 169 g/mol. The summed E-state index contributed by atoms with van der Waals surface area (Å²) in [5.41, 5.74) is 0. The summed E-state index contributed by atoms with van der Waals surface area (Å²) < 4.78 is 5.12. The Kier molecular flexibility index (Phi) is 2.15. The standard InChI is InChI=1S/C9H15NO2/c1-12-8-6-10-5-3-2-4-7(10)9(8)11/h7-8H,2-6H2,1H3/t7-,8-/m0/s1. The molecule has 12 heavy (non-hydrogen) atoms. The molecule has 2 rings (SSSR count). The minimum Gasteiger partial charge on any atom is -0.372 e. The summed E-state index contributed by atoms with van der Waals surface area (Å²) in [6.07, 6.45) is 3.33. The van der Waals surface area contributed by atoms with Crippen LogP contribution in [0.2, 0.25) is 0 Å². The monoisotopic (exact) mass is 169 g/mol. The molecule has 3 nitrogen and oxygen atoms in total. The van der Waals surface area contributed by atoms with Gasteiger partial charge in [-0.1, -0.05) is 6.42 Å². The minimum absolute atomic E-state index is 0.145. The average Bonchev–Trinajstić information content (AvgIpc) is 2.44. The van der Waals surface area contributed by atoms with E-state index in [4.69, 9.17) is 4.74 Å².